The topological polar surface area (TPSA) is 108 Å². The van der Waals surface area contributed by atoms with Gasteiger partial charge in [-0.05, 0) is 116 Å². The minimum Gasteiger partial charge on any atom is -0.462 e. The van der Waals surface area contributed by atoms with Gasteiger partial charge in [-0.15, -0.1) is 0 Å². The molecule has 0 aliphatic rings. The smallest absolute Gasteiger partial charge is 0.462 e. The van der Waals surface area contributed by atoms with Gasteiger partial charge in [0, 0.05) is 12.8 Å². The second-order valence-corrected chi connectivity index (χ2v) is 21.0. The first-order valence-electron chi connectivity index (χ1n) is 28.6. The number of nitrogens with zero attached hydrogens (tertiary/aromatic N) is 1. The van der Waals surface area contributed by atoms with Crippen LogP contribution in [0.1, 0.15) is 194 Å². The van der Waals surface area contributed by atoms with Crippen LogP contribution in [0.3, 0.4) is 0 Å². The Hall–Kier alpha value is -4.11. The third kappa shape index (κ3) is 57.2. The Labute approximate surface area is 453 Å². The Balaban J connectivity index is 4.31. The number of allylic oxidation sites excluding steroid dienone is 24. The summed E-state index contributed by atoms with van der Waals surface area (Å²) in [6.07, 6.45) is 79.0. The molecular weight excluding hydrogens is 942 g/mol. The van der Waals surface area contributed by atoms with Crippen molar-refractivity contribution >= 4 is 19.8 Å². The van der Waals surface area contributed by atoms with E-state index >= 15 is 0 Å². The zero-order chi connectivity index (χ0) is 54.2. The Morgan fingerprint density at radius 1 is 0.419 bits per heavy atom. The van der Waals surface area contributed by atoms with E-state index in [9.17, 15) is 19.0 Å². The van der Waals surface area contributed by atoms with Gasteiger partial charge in [0.1, 0.15) is 19.8 Å². The average molecular weight is 1050 g/mol. The molecule has 9 nitrogen and oxygen atoms in total. The molecule has 0 spiro atoms. The monoisotopic (exact) mass is 1050 g/mol. The third-order valence-corrected chi connectivity index (χ3v) is 12.3. The van der Waals surface area contributed by atoms with Crippen LogP contribution < -0.4 is 0 Å². The minimum atomic E-state index is -4.41. The third-order valence-electron chi connectivity index (χ3n) is 11.4. The first-order chi connectivity index (χ1) is 36.0. The van der Waals surface area contributed by atoms with E-state index < -0.39 is 32.5 Å². The summed E-state index contributed by atoms with van der Waals surface area (Å²) in [5.41, 5.74) is 0. The van der Waals surface area contributed by atoms with E-state index in [-0.39, 0.29) is 26.1 Å². The summed E-state index contributed by atoms with van der Waals surface area (Å²) in [5, 5.41) is 0. The van der Waals surface area contributed by atoms with Gasteiger partial charge in [0.2, 0.25) is 0 Å². The molecule has 0 aromatic rings. The van der Waals surface area contributed by atoms with Crippen LogP contribution in [0.15, 0.2) is 146 Å². The molecule has 2 unspecified atom stereocenters. The SMILES string of the molecule is CC/C=C\C/C=C\C/C=C\C/C=C\C/C=C\C/C=C\C/C=C\CCCCCCCC(=O)OC(COC(=O)CCCCCCCCC/C=C\C/C=C\C/C=C\C/C=C\C/C=C\CC)COP(=O)(O)OCC[N+](C)(C)C. The van der Waals surface area contributed by atoms with E-state index in [0.29, 0.717) is 23.9 Å². The number of hydrogen-bond acceptors (Lipinski definition) is 7. The molecule has 1 N–H and O–H groups in total. The summed E-state index contributed by atoms with van der Waals surface area (Å²) in [5.74, 6) is -0.846. The summed E-state index contributed by atoms with van der Waals surface area (Å²) < 4.78 is 34.5. The van der Waals surface area contributed by atoms with Gasteiger partial charge in [-0.2, -0.15) is 0 Å². The standard InChI is InChI=1S/C64H104NO8P/c1-6-8-10-12-14-16-18-20-22-24-26-28-30-31-32-33-35-37-39-41-43-45-47-49-51-53-55-57-64(67)73-62(61-72-74(68,69)71-59-58-65(3,4)5)60-70-63(66)56-54-52-50-48-46-44-42-40-38-36-34-29-27-25-23-21-19-17-15-13-11-9-7-2/h8-11,14-17,20-23,26-29,31-32,35-38,41,43,62H,6-7,12-13,18-19,24-25,30,33-34,39-40,42,44-61H2,1-5H3/p+1/b10-8-,11-9-,16-14-,17-15-,22-20-,23-21-,28-26-,29-27-,32-31-,37-35-,38-36-,43-41-. The highest BCUT2D eigenvalue weighted by atomic mass is 31.2. The number of carbonyl (C=O) groups excluding carboxylic acids is 2. The largest absolute Gasteiger partial charge is 0.472 e. The quantitative estimate of drug-likeness (QED) is 0.0211. The van der Waals surface area contributed by atoms with Crippen molar-refractivity contribution in [3.8, 4) is 0 Å². The molecule has 74 heavy (non-hydrogen) atoms. The highest BCUT2D eigenvalue weighted by Gasteiger charge is 2.27. The molecule has 0 heterocycles. The summed E-state index contributed by atoms with van der Waals surface area (Å²) in [6, 6.07) is 0. The van der Waals surface area contributed by atoms with Crippen LogP contribution in [-0.4, -0.2) is 74.9 Å². The van der Waals surface area contributed by atoms with Crippen LogP contribution in [0.2, 0.25) is 0 Å². The lowest BCUT2D eigenvalue weighted by atomic mass is 10.1. The van der Waals surface area contributed by atoms with E-state index in [1.807, 2.05) is 21.1 Å². The molecule has 0 aromatic heterocycles. The lowest BCUT2D eigenvalue weighted by molar-refractivity contribution is -0.870. The van der Waals surface area contributed by atoms with Gasteiger partial charge in [-0.3, -0.25) is 18.6 Å². The van der Waals surface area contributed by atoms with Crippen molar-refractivity contribution in [1.29, 1.82) is 0 Å². The molecule has 0 fully saturated rings. The summed E-state index contributed by atoms with van der Waals surface area (Å²) >= 11 is 0. The second-order valence-electron chi connectivity index (χ2n) is 19.6. The lowest BCUT2D eigenvalue weighted by Gasteiger charge is -2.24. The maximum Gasteiger partial charge on any atom is 0.472 e. The molecule has 0 aliphatic carbocycles. The number of phosphoric acid groups is 1. The number of hydrogen-bond donors (Lipinski definition) is 1. The Morgan fingerprint density at radius 3 is 1.08 bits per heavy atom. The molecule has 0 aromatic carbocycles. The zero-order valence-corrected chi connectivity index (χ0v) is 48.2. The van der Waals surface area contributed by atoms with Crippen LogP contribution in [0.5, 0.6) is 0 Å². The molecule has 0 amide bonds. The van der Waals surface area contributed by atoms with Crippen LogP contribution in [0, 0.1) is 0 Å². The van der Waals surface area contributed by atoms with Crippen molar-refractivity contribution in [3.05, 3.63) is 146 Å². The number of rotatable bonds is 50. The van der Waals surface area contributed by atoms with Crippen molar-refractivity contribution < 1.29 is 42.1 Å². The Kier molecular flexibility index (Phi) is 50.7. The second kappa shape index (κ2) is 53.7. The fourth-order valence-corrected chi connectivity index (χ4v) is 7.76. The maximum atomic E-state index is 12.8. The lowest BCUT2D eigenvalue weighted by Crippen LogP contribution is -2.37. The molecule has 0 saturated heterocycles. The van der Waals surface area contributed by atoms with E-state index in [2.05, 4.69) is 160 Å². The van der Waals surface area contributed by atoms with Crippen LogP contribution >= 0.6 is 7.82 Å². The van der Waals surface area contributed by atoms with Crippen LogP contribution in [0.4, 0.5) is 0 Å². The Morgan fingerprint density at radius 2 is 0.730 bits per heavy atom. The molecule has 2 atom stereocenters. The van der Waals surface area contributed by atoms with Gasteiger partial charge >= 0.3 is 19.8 Å². The average Bonchev–Trinajstić information content (AvgIpc) is 3.36. The number of ether oxygens (including phenoxy) is 2. The molecule has 0 saturated carbocycles. The molecule has 418 valence electrons. The van der Waals surface area contributed by atoms with Gasteiger partial charge in [0.25, 0.3) is 0 Å². The number of phosphoric ester groups is 1. The summed E-state index contributed by atoms with van der Waals surface area (Å²) in [4.78, 5) is 35.7. The number of unbranched alkanes of at least 4 members (excludes halogenated alkanes) is 12. The highest BCUT2D eigenvalue weighted by molar-refractivity contribution is 7.47. The fraction of sp³-hybridized carbons (Fsp3) is 0.594. The van der Waals surface area contributed by atoms with Crippen molar-refractivity contribution in [3.63, 3.8) is 0 Å². The van der Waals surface area contributed by atoms with Gasteiger partial charge in [-0.1, -0.05) is 211 Å². The first-order valence-corrected chi connectivity index (χ1v) is 30.1. The first kappa shape index (κ1) is 69.9. The van der Waals surface area contributed by atoms with Crippen molar-refractivity contribution in [2.75, 3.05) is 47.5 Å². The minimum absolute atomic E-state index is 0.0163. The Bertz CT molecular complexity index is 1760. The van der Waals surface area contributed by atoms with E-state index in [1.165, 1.54) is 19.3 Å². The van der Waals surface area contributed by atoms with E-state index in [1.54, 1.807) is 0 Å². The zero-order valence-electron chi connectivity index (χ0n) is 47.3. The van der Waals surface area contributed by atoms with Crippen LogP contribution in [0.25, 0.3) is 0 Å². The number of likely N-dealkylation sites (N-methyl/N-ethyl adjacent to an activating group) is 1. The fourth-order valence-electron chi connectivity index (χ4n) is 7.02. The number of esters is 2. The van der Waals surface area contributed by atoms with Crippen molar-refractivity contribution in [1.82, 2.24) is 0 Å². The molecule has 0 aliphatic heterocycles. The molecule has 0 rings (SSSR count). The number of quaternary nitrogens is 1. The van der Waals surface area contributed by atoms with E-state index in [4.69, 9.17) is 18.5 Å². The molecule has 10 heteroatoms. The van der Waals surface area contributed by atoms with Crippen molar-refractivity contribution in [2.24, 2.45) is 0 Å². The molecule has 0 bridgehead atoms. The normalized spacial score (nSPS) is 14.4. The molecule has 0 radical (unpaired) electrons. The van der Waals surface area contributed by atoms with Crippen molar-refractivity contribution in [2.45, 2.75) is 200 Å². The van der Waals surface area contributed by atoms with Gasteiger partial charge in [0.05, 0.1) is 27.7 Å². The summed E-state index contributed by atoms with van der Waals surface area (Å²) in [7, 11) is 1.43. The highest BCUT2D eigenvalue weighted by Crippen LogP contribution is 2.43. The van der Waals surface area contributed by atoms with Crippen LogP contribution in [-0.2, 0) is 32.7 Å². The maximum absolute atomic E-state index is 12.8. The van der Waals surface area contributed by atoms with Gasteiger partial charge in [0.15, 0.2) is 6.10 Å². The van der Waals surface area contributed by atoms with Gasteiger partial charge < -0.3 is 18.9 Å². The number of carbonyl (C=O) groups is 2. The molecular formula is C64H105NO8P+. The predicted molar refractivity (Wildman–Crippen MR) is 316 cm³/mol. The predicted octanol–water partition coefficient (Wildman–Crippen LogP) is 17.9. The van der Waals surface area contributed by atoms with E-state index in [0.717, 1.165) is 135 Å². The van der Waals surface area contributed by atoms with Gasteiger partial charge in [-0.25, -0.2) is 4.57 Å². The summed E-state index contributed by atoms with van der Waals surface area (Å²) in [6.45, 7) is 4.14.